The van der Waals surface area contributed by atoms with E-state index in [1.807, 2.05) is 59.6 Å². The Morgan fingerprint density at radius 1 is 1.08 bits per heavy atom. The molecule has 132 valence electrons. The topological polar surface area (TPSA) is 75.1 Å². The molecular formula is C19H20N6O. The van der Waals surface area contributed by atoms with Gasteiger partial charge in [-0.25, -0.2) is 14.5 Å². The summed E-state index contributed by atoms with van der Waals surface area (Å²) in [6.07, 6.45) is 6.10. The maximum atomic E-state index is 12.5. The van der Waals surface area contributed by atoms with Crippen molar-refractivity contribution in [2.45, 2.75) is 12.5 Å². The predicted molar refractivity (Wildman–Crippen MR) is 100 cm³/mol. The zero-order chi connectivity index (χ0) is 17.8. The van der Waals surface area contributed by atoms with Crippen LogP contribution >= 0.6 is 0 Å². The van der Waals surface area contributed by atoms with Crippen molar-refractivity contribution in [3.05, 3.63) is 67.1 Å². The van der Waals surface area contributed by atoms with Crippen molar-refractivity contribution >= 4 is 17.4 Å². The number of pyridine rings is 1. The normalized spacial score (nSPS) is 16.5. The average Bonchev–Trinajstić information content (AvgIpc) is 3.35. The van der Waals surface area contributed by atoms with Crippen LogP contribution in [0.1, 0.15) is 6.42 Å². The smallest absolute Gasteiger partial charge is 0.321 e. The van der Waals surface area contributed by atoms with Crippen LogP contribution in [0.3, 0.4) is 0 Å². The van der Waals surface area contributed by atoms with Gasteiger partial charge in [-0.3, -0.25) is 0 Å². The number of benzene rings is 1. The number of aromatic nitrogens is 3. The Balaban J connectivity index is 1.32. The molecule has 1 saturated heterocycles. The number of hydrogen-bond acceptors (Lipinski definition) is 4. The van der Waals surface area contributed by atoms with Gasteiger partial charge in [0.15, 0.2) is 5.82 Å². The number of carbonyl (C=O) groups is 1. The standard InChI is InChI=1S/C19H20N6O/c26-19(23-16-7-8-18(20-13-16)25-11-4-10-21-25)24-12-9-17(14-24)22-15-5-2-1-3-6-15/h1-8,10-11,13,17,22H,9,12,14H2,(H,23,26). The molecule has 0 radical (unpaired) electrons. The molecule has 1 aromatic carbocycles. The van der Waals surface area contributed by atoms with Crippen molar-refractivity contribution < 1.29 is 4.79 Å². The van der Waals surface area contributed by atoms with Crippen molar-refractivity contribution in [2.75, 3.05) is 23.7 Å². The molecule has 0 aliphatic carbocycles. The van der Waals surface area contributed by atoms with Crippen LogP contribution < -0.4 is 10.6 Å². The minimum Gasteiger partial charge on any atom is -0.380 e. The third-order valence-corrected chi connectivity index (χ3v) is 4.36. The van der Waals surface area contributed by atoms with Gasteiger partial charge < -0.3 is 15.5 Å². The van der Waals surface area contributed by atoms with Gasteiger partial charge in [-0.1, -0.05) is 18.2 Å². The van der Waals surface area contributed by atoms with Crippen LogP contribution in [0.25, 0.3) is 5.82 Å². The van der Waals surface area contributed by atoms with Crippen LogP contribution in [0.2, 0.25) is 0 Å². The van der Waals surface area contributed by atoms with Crippen LogP contribution in [-0.2, 0) is 0 Å². The molecule has 1 atom stereocenters. The fourth-order valence-electron chi connectivity index (χ4n) is 3.04. The summed E-state index contributed by atoms with van der Waals surface area (Å²) >= 11 is 0. The van der Waals surface area contributed by atoms with Gasteiger partial charge in [0.25, 0.3) is 0 Å². The van der Waals surface area contributed by atoms with Crippen molar-refractivity contribution in [3.8, 4) is 5.82 Å². The molecule has 0 saturated carbocycles. The van der Waals surface area contributed by atoms with Gasteiger partial charge in [0.1, 0.15) is 0 Å². The number of nitrogens with zero attached hydrogens (tertiary/aromatic N) is 4. The highest BCUT2D eigenvalue weighted by Gasteiger charge is 2.26. The molecule has 2 aromatic heterocycles. The third kappa shape index (κ3) is 3.66. The molecule has 1 aliphatic rings. The number of likely N-dealkylation sites (tertiary alicyclic amines) is 1. The fraction of sp³-hybridized carbons (Fsp3) is 0.211. The SMILES string of the molecule is O=C(Nc1ccc(-n2cccn2)nc1)N1CCC(Nc2ccccc2)C1. The highest BCUT2D eigenvalue weighted by Crippen LogP contribution is 2.17. The first-order valence-corrected chi connectivity index (χ1v) is 8.61. The van der Waals surface area contributed by atoms with E-state index in [2.05, 4.69) is 20.7 Å². The van der Waals surface area contributed by atoms with Crippen LogP contribution in [0.5, 0.6) is 0 Å². The Morgan fingerprint density at radius 2 is 1.96 bits per heavy atom. The number of hydrogen-bond donors (Lipinski definition) is 2. The Kier molecular flexibility index (Phi) is 4.51. The number of amides is 2. The molecule has 0 spiro atoms. The highest BCUT2D eigenvalue weighted by molar-refractivity contribution is 5.89. The third-order valence-electron chi connectivity index (χ3n) is 4.36. The summed E-state index contributed by atoms with van der Waals surface area (Å²) in [5.41, 5.74) is 1.75. The molecule has 1 fully saturated rings. The zero-order valence-corrected chi connectivity index (χ0v) is 14.2. The van der Waals surface area contributed by atoms with Gasteiger partial charge in [-0.15, -0.1) is 0 Å². The number of anilines is 2. The minimum atomic E-state index is -0.101. The lowest BCUT2D eigenvalue weighted by molar-refractivity contribution is 0.222. The summed E-state index contributed by atoms with van der Waals surface area (Å²) in [6.45, 7) is 1.41. The maximum Gasteiger partial charge on any atom is 0.321 e. The van der Waals surface area contributed by atoms with Crippen molar-refractivity contribution in [3.63, 3.8) is 0 Å². The lowest BCUT2D eigenvalue weighted by atomic mass is 10.2. The summed E-state index contributed by atoms with van der Waals surface area (Å²) in [5.74, 6) is 0.710. The molecule has 4 rings (SSSR count). The highest BCUT2D eigenvalue weighted by atomic mass is 16.2. The number of nitrogens with one attached hydrogen (secondary N) is 2. The number of rotatable bonds is 4. The second-order valence-corrected chi connectivity index (χ2v) is 6.23. The summed E-state index contributed by atoms with van der Waals surface area (Å²) in [7, 11) is 0. The average molecular weight is 348 g/mol. The molecule has 1 aliphatic heterocycles. The summed E-state index contributed by atoms with van der Waals surface area (Å²) < 4.78 is 1.67. The number of carbonyl (C=O) groups excluding carboxylic acids is 1. The van der Waals surface area contributed by atoms with Crippen molar-refractivity contribution in [1.82, 2.24) is 19.7 Å². The Labute approximate surface area is 151 Å². The van der Waals surface area contributed by atoms with Crippen LogP contribution in [0, 0.1) is 0 Å². The molecule has 1 unspecified atom stereocenters. The van der Waals surface area contributed by atoms with E-state index in [9.17, 15) is 4.79 Å². The van der Waals surface area contributed by atoms with E-state index in [1.54, 1.807) is 17.1 Å². The molecule has 7 heteroatoms. The van der Waals surface area contributed by atoms with E-state index in [1.165, 1.54) is 0 Å². The molecule has 0 bridgehead atoms. The monoisotopic (exact) mass is 348 g/mol. The quantitative estimate of drug-likeness (QED) is 0.760. The van der Waals surface area contributed by atoms with E-state index in [0.717, 1.165) is 18.7 Å². The molecule has 2 N–H and O–H groups in total. The lowest BCUT2D eigenvalue weighted by Crippen LogP contribution is -2.35. The Hall–Kier alpha value is -3.35. The van der Waals surface area contributed by atoms with E-state index < -0.39 is 0 Å². The van der Waals surface area contributed by atoms with Crippen molar-refractivity contribution in [1.29, 1.82) is 0 Å². The second kappa shape index (κ2) is 7.26. The maximum absolute atomic E-state index is 12.5. The minimum absolute atomic E-state index is 0.101. The molecule has 3 heterocycles. The van der Waals surface area contributed by atoms with E-state index in [0.29, 0.717) is 18.1 Å². The first-order chi connectivity index (χ1) is 12.8. The van der Waals surface area contributed by atoms with Crippen LogP contribution in [0.4, 0.5) is 16.2 Å². The van der Waals surface area contributed by atoms with Gasteiger partial charge >= 0.3 is 6.03 Å². The molecular weight excluding hydrogens is 328 g/mol. The van der Waals surface area contributed by atoms with E-state index in [-0.39, 0.29) is 12.1 Å². The van der Waals surface area contributed by atoms with E-state index in [4.69, 9.17) is 0 Å². The first-order valence-electron chi connectivity index (χ1n) is 8.61. The number of para-hydroxylation sites is 1. The molecule has 2 amide bonds. The fourth-order valence-corrected chi connectivity index (χ4v) is 3.04. The van der Waals surface area contributed by atoms with Gasteiger partial charge in [0.05, 0.1) is 11.9 Å². The first kappa shape index (κ1) is 16.1. The molecule has 3 aromatic rings. The Bertz CT molecular complexity index is 848. The summed E-state index contributed by atoms with van der Waals surface area (Å²) in [5, 5.41) is 10.5. The predicted octanol–water partition coefficient (Wildman–Crippen LogP) is 2.99. The Morgan fingerprint density at radius 3 is 2.69 bits per heavy atom. The van der Waals surface area contributed by atoms with Crippen LogP contribution in [-0.4, -0.2) is 44.8 Å². The zero-order valence-electron chi connectivity index (χ0n) is 14.2. The number of urea groups is 1. The van der Waals surface area contributed by atoms with Gasteiger partial charge in [0.2, 0.25) is 0 Å². The summed E-state index contributed by atoms with van der Waals surface area (Å²) in [6, 6.07) is 15.7. The van der Waals surface area contributed by atoms with E-state index >= 15 is 0 Å². The van der Waals surface area contributed by atoms with Gasteiger partial charge in [-0.2, -0.15) is 5.10 Å². The van der Waals surface area contributed by atoms with Crippen LogP contribution in [0.15, 0.2) is 67.1 Å². The lowest BCUT2D eigenvalue weighted by Gasteiger charge is -2.18. The van der Waals surface area contributed by atoms with Crippen molar-refractivity contribution in [2.24, 2.45) is 0 Å². The van der Waals surface area contributed by atoms with Gasteiger partial charge in [-0.05, 0) is 36.8 Å². The summed E-state index contributed by atoms with van der Waals surface area (Å²) in [4.78, 5) is 18.6. The largest absolute Gasteiger partial charge is 0.380 e. The molecule has 7 nitrogen and oxygen atoms in total. The second-order valence-electron chi connectivity index (χ2n) is 6.23. The molecule has 26 heavy (non-hydrogen) atoms. The van der Waals surface area contributed by atoms with Gasteiger partial charge in [0, 0.05) is 37.2 Å².